The van der Waals surface area contributed by atoms with E-state index in [-0.39, 0.29) is 19.4 Å². The number of rotatable bonds is 6. The molecular weight excluding hydrogens is 280 g/mol. The molecule has 0 bridgehead atoms. The van der Waals surface area contributed by atoms with E-state index in [9.17, 15) is 22.0 Å². The van der Waals surface area contributed by atoms with Crippen molar-refractivity contribution in [3.63, 3.8) is 0 Å². The fourth-order valence-corrected chi connectivity index (χ4v) is 3.79. The molecule has 8 heteroatoms. The minimum absolute atomic E-state index is 0.189. The second-order valence-electron chi connectivity index (χ2n) is 5.15. The Morgan fingerprint density at radius 3 is 2.53 bits per heavy atom. The number of alkyl halides is 2. The molecule has 0 amide bonds. The summed E-state index contributed by atoms with van der Waals surface area (Å²) in [5.74, 6) is -6.72. The van der Waals surface area contributed by atoms with Crippen molar-refractivity contribution in [3.05, 3.63) is 0 Å². The zero-order valence-corrected chi connectivity index (χ0v) is 11.8. The van der Waals surface area contributed by atoms with Crippen molar-refractivity contribution in [1.29, 1.82) is 0 Å². The highest BCUT2D eigenvalue weighted by Gasteiger charge is 2.46. The van der Waals surface area contributed by atoms with Crippen LogP contribution in [-0.4, -0.2) is 49.1 Å². The van der Waals surface area contributed by atoms with E-state index in [2.05, 4.69) is 0 Å². The minimum Gasteiger partial charge on any atom is -0.481 e. The van der Waals surface area contributed by atoms with Crippen molar-refractivity contribution in [2.75, 3.05) is 19.3 Å². The molecule has 1 rings (SSSR count). The number of hydrogen-bond acceptors (Lipinski definition) is 3. The molecule has 0 aliphatic heterocycles. The van der Waals surface area contributed by atoms with Gasteiger partial charge in [0, 0.05) is 25.9 Å². The molecule has 1 aliphatic carbocycles. The van der Waals surface area contributed by atoms with Crippen LogP contribution in [0.15, 0.2) is 0 Å². The van der Waals surface area contributed by atoms with Gasteiger partial charge in [0.15, 0.2) is 0 Å². The van der Waals surface area contributed by atoms with Crippen LogP contribution in [0.4, 0.5) is 8.78 Å². The van der Waals surface area contributed by atoms with Crippen LogP contribution in [-0.2, 0) is 14.8 Å². The molecule has 2 atom stereocenters. The smallest absolute Gasteiger partial charge is 0.307 e. The SMILES string of the molecule is CC(CN(C)S(=O)(=O)CC1CCCC1(F)F)C(=O)O. The number of halogens is 2. The number of nitrogens with zero attached hydrogens (tertiary/aromatic N) is 1. The third-order valence-electron chi connectivity index (χ3n) is 3.50. The van der Waals surface area contributed by atoms with E-state index in [0.717, 1.165) is 4.31 Å². The molecule has 0 aromatic carbocycles. The summed E-state index contributed by atoms with van der Waals surface area (Å²) < 4.78 is 51.6. The number of sulfonamides is 1. The average Bonchev–Trinajstić information content (AvgIpc) is 2.57. The highest BCUT2D eigenvalue weighted by molar-refractivity contribution is 7.89. The molecule has 0 aromatic rings. The molecule has 1 fully saturated rings. The van der Waals surface area contributed by atoms with Crippen LogP contribution in [0.5, 0.6) is 0 Å². The van der Waals surface area contributed by atoms with Crippen LogP contribution in [0, 0.1) is 11.8 Å². The van der Waals surface area contributed by atoms with Gasteiger partial charge in [-0.05, 0) is 12.8 Å². The largest absolute Gasteiger partial charge is 0.481 e. The summed E-state index contributed by atoms with van der Waals surface area (Å²) in [7, 11) is -2.63. The van der Waals surface area contributed by atoms with E-state index in [4.69, 9.17) is 5.11 Å². The maximum Gasteiger partial charge on any atom is 0.307 e. The third-order valence-corrected chi connectivity index (χ3v) is 5.42. The monoisotopic (exact) mass is 299 g/mol. The quantitative estimate of drug-likeness (QED) is 0.804. The number of carbonyl (C=O) groups is 1. The molecule has 112 valence electrons. The second kappa shape index (κ2) is 5.70. The summed E-state index contributed by atoms with van der Waals surface area (Å²) in [5, 5.41) is 8.72. The zero-order chi connectivity index (χ0) is 14.8. The van der Waals surface area contributed by atoms with Gasteiger partial charge in [-0.1, -0.05) is 6.92 Å². The van der Waals surface area contributed by atoms with E-state index in [0.29, 0.717) is 6.42 Å². The van der Waals surface area contributed by atoms with Crippen molar-refractivity contribution in [2.45, 2.75) is 32.1 Å². The summed E-state index contributed by atoms with van der Waals surface area (Å²) in [6.45, 7) is 1.16. The Labute approximate surface area is 111 Å². The lowest BCUT2D eigenvalue weighted by Crippen LogP contribution is -2.39. The molecule has 5 nitrogen and oxygen atoms in total. The normalized spacial score (nSPS) is 24.6. The molecule has 0 saturated heterocycles. The minimum atomic E-state index is -3.85. The van der Waals surface area contributed by atoms with Crippen molar-refractivity contribution < 1.29 is 27.1 Å². The predicted molar refractivity (Wildman–Crippen MR) is 65.5 cm³/mol. The van der Waals surface area contributed by atoms with Gasteiger partial charge in [0.25, 0.3) is 5.92 Å². The van der Waals surface area contributed by atoms with Crippen molar-refractivity contribution in [2.24, 2.45) is 11.8 Å². The Kier molecular flexibility index (Phi) is 4.89. The molecule has 0 heterocycles. The van der Waals surface area contributed by atoms with Gasteiger partial charge in [-0.2, -0.15) is 0 Å². The number of carboxylic acids is 1. The Balaban J connectivity index is 2.68. The summed E-state index contributed by atoms with van der Waals surface area (Å²) in [4.78, 5) is 10.7. The third kappa shape index (κ3) is 4.10. The van der Waals surface area contributed by atoms with E-state index in [1.807, 2.05) is 0 Å². The van der Waals surface area contributed by atoms with Gasteiger partial charge in [0.1, 0.15) is 0 Å². The first-order valence-corrected chi connectivity index (χ1v) is 7.72. The molecule has 1 N–H and O–H groups in total. The lowest BCUT2D eigenvalue weighted by Gasteiger charge is -2.24. The van der Waals surface area contributed by atoms with Gasteiger partial charge < -0.3 is 5.11 Å². The van der Waals surface area contributed by atoms with E-state index >= 15 is 0 Å². The molecular formula is C11H19F2NO4S. The summed E-state index contributed by atoms with van der Waals surface area (Å²) in [6, 6.07) is 0. The van der Waals surface area contributed by atoms with Crippen LogP contribution in [0.3, 0.4) is 0 Å². The Morgan fingerprint density at radius 2 is 2.11 bits per heavy atom. The van der Waals surface area contributed by atoms with Gasteiger partial charge >= 0.3 is 5.97 Å². The Bertz CT molecular complexity index is 438. The van der Waals surface area contributed by atoms with Crippen LogP contribution in [0.2, 0.25) is 0 Å². The second-order valence-corrected chi connectivity index (χ2v) is 7.27. The van der Waals surface area contributed by atoms with Gasteiger partial charge in [-0.3, -0.25) is 4.79 Å². The lowest BCUT2D eigenvalue weighted by molar-refractivity contribution is -0.141. The highest BCUT2D eigenvalue weighted by Crippen LogP contribution is 2.41. The topological polar surface area (TPSA) is 74.7 Å². The van der Waals surface area contributed by atoms with Crippen LogP contribution >= 0.6 is 0 Å². The maximum absolute atomic E-state index is 13.4. The highest BCUT2D eigenvalue weighted by atomic mass is 32.2. The van der Waals surface area contributed by atoms with Crippen LogP contribution < -0.4 is 0 Å². The summed E-state index contributed by atoms with van der Waals surface area (Å²) in [5.41, 5.74) is 0. The summed E-state index contributed by atoms with van der Waals surface area (Å²) >= 11 is 0. The molecule has 0 radical (unpaired) electrons. The summed E-state index contributed by atoms with van der Waals surface area (Å²) in [6.07, 6.45) is 0.236. The van der Waals surface area contributed by atoms with E-state index < -0.39 is 39.5 Å². The van der Waals surface area contributed by atoms with Gasteiger partial charge in [-0.25, -0.2) is 21.5 Å². The Morgan fingerprint density at radius 1 is 1.53 bits per heavy atom. The molecule has 1 aliphatic rings. The van der Waals surface area contributed by atoms with Crippen molar-refractivity contribution >= 4 is 16.0 Å². The standard InChI is InChI=1S/C11H19F2NO4S/c1-8(10(15)16)6-14(2)19(17,18)7-9-4-3-5-11(9,12)13/h8-9H,3-7H2,1-2H3,(H,15,16). The van der Waals surface area contributed by atoms with Crippen molar-refractivity contribution in [3.8, 4) is 0 Å². The maximum atomic E-state index is 13.4. The van der Waals surface area contributed by atoms with Crippen LogP contribution in [0.1, 0.15) is 26.2 Å². The first kappa shape index (κ1) is 16.3. The zero-order valence-electron chi connectivity index (χ0n) is 11.0. The Hall–Kier alpha value is -0.760. The lowest BCUT2D eigenvalue weighted by atomic mass is 10.1. The number of aliphatic carboxylic acids is 1. The first-order chi connectivity index (χ1) is 8.56. The molecule has 1 saturated carbocycles. The van der Waals surface area contributed by atoms with Crippen molar-refractivity contribution in [1.82, 2.24) is 4.31 Å². The predicted octanol–water partition coefficient (Wildman–Crippen LogP) is 1.40. The molecule has 2 unspecified atom stereocenters. The van der Waals surface area contributed by atoms with Gasteiger partial charge in [0.2, 0.25) is 10.0 Å². The molecule has 0 aromatic heterocycles. The number of carboxylic acid groups (broad SMARTS) is 1. The fourth-order valence-electron chi connectivity index (χ4n) is 2.16. The molecule has 0 spiro atoms. The van der Waals surface area contributed by atoms with Gasteiger partial charge in [-0.15, -0.1) is 0 Å². The molecule has 19 heavy (non-hydrogen) atoms. The van der Waals surface area contributed by atoms with Gasteiger partial charge in [0.05, 0.1) is 11.7 Å². The van der Waals surface area contributed by atoms with E-state index in [1.165, 1.54) is 14.0 Å². The number of hydrogen-bond donors (Lipinski definition) is 1. The van der Waals surface area contributed by atoms with E-state index in [1.54, 1.807) is 0 Å². The van der Waals surface area contributed by atoms with Crippen LogP contribution in [0.25, 0.3) is 0 Å². The fraction of sp³-hybridized carbons (Fsp3) is 0.909. The average molecular weight is 299 g/mol. The first-order valence-electron chi connectivity index (χ1n) is 6.11.